The quantitative estimate of drug-likeness (QED) is 0.699. The molecule has 1 aliphatic carbocycles. The van der Waals surface area contributed by atoms with Crippen LogP contribution in [0.5, 0.6) is 5.75 Å². The first-order valence-corrected chi connectivity index (χ1v) is 8.41. The summed E-state index contributed by atoms with van der Waals surface area (Å²) in [5.74, 6) is 1.95. The molecule has 0 saturated carbocycles. The van der Waals surface area contributed by atoms with E-state index >= 15 is 0 Å². The number of aromatic nitrogens is 4. The molecule has 0 saturated heterocycles. The minimum absolute atomic E-state index is 0. The van der Waals surface area contributed by atoms with Gasteiger partial charge in [-0.3, -0.25) is 0 Å². The molecular formula is C20H21ClN4O. The Bertz CT molecular complexity index is 948. The number of hydrogen-bond donors (Lipinski definition) is 0. The van der Waals surface area contributed by atoms with Crippen molar-refractivity contribution in [1.29, 1.82) is 0 Å². The van der Waals surface area contributed by atoms with Gasteiger partial charge in [0.1, 0.15) is 11.6 Å². The van der Waals surface area contributed by atoms with Crippen molar-refractivity contribution in [3.8, 4) is 5.75 Å². The van der Waals surface area contributed by atoms with Gasteiger partial charge in [-0.1, -0.05) is 18.2 Å². The Labute approximate surface area is 159 Å². The van der Waals surface area contributed by atoms with E-state index in [4.69, 9.17) is 4.74 Å². The molecule has 2 aromatic heterocycles. The van der Waals surface area contributed by atoms with Crippen molar-refractivity contribution >= 4 is 24.1 Å². The Morgan fingerprint density at radius 3 is 2.88 bits per heavy atom. The van der Waals surface area contributed by atoms with E-state index in [1.54, 1.807) is 13.3 Å². The van der Waals surface area contributed by atoms with Gasteiger partial charge in [-0.25, -0.2) is 4.98 Å². The highest BCUT2D eigenvalue weighted by molar-refractivity contribution is 5.85. The largest absolute Gasteiger partial charge is 0.496 e. The predicted molar refractivity (Wildman–Crippen MR) is 105 cm³/mol. The second-order valence-electron chi connectivity index (χ2n) is 6.24. The number of fused-ring (bicyclic) bond motifs is 1. The van der Waals surface area contributed by atoms with Gasteiger partial charge < -0.3 is 9.30 Å². The van der Waals surface area contributed by atoms with E-state index in [9.17, 15) is 0 Å². The Morgan fingerprint density at radius 1 is 1.23 bits per heavy atom. The van der Waals surface area contributed by atoms with Crippen LogP contribution in [-0.2, 0) is 13.0 Å². The highest BCUT2D eigenvalue weighted by Crippen LogP contribution is 2.34. The summed E-state index contributed by atoms with van der Waals surface area (Å²) < 4.78 is 7.55. The number of ether oxygens (including phenoxy) is 1. The summed E-state index contributed by atoms with van der Waals surface area (Å²) in [5.41, 5.74) is 5.88. The fourth-order valence-electron chi connectivity index (χ4n) is 3.33. The SMILES string of the molecule is COc1cccc2c1CCC(c1cnnc(Cn3ccnc3C)c1)=C2.Cl. The first kappa shape index (κ1) is 18.1. The summed E-state index contributed by atoms with van der Waals surface area (Å²) in [5, 5.41) is 8.49. The Morgan fingerprint density at radius 2 is 2.12 bits per heavy atom. The number of methoxy groups -OCH3 is 1. The summed E-state index contributed by atoms with van der Waals surface area (Å²) in [6, 6.07) is 8.33. The van der Waals surface area contributed by atoms with Gasteiger partial charge in [0, 0.05) is 18.0 Å². The van der Waals surface area contributed by atoms with Crippen LogP contribution >= 0.6 is 12.4 Å². The minimum atomic E-state index is 0. The molecule has 1 aromatic carbocycles. The van der Waals surface area contributed by atoms with Crippen molar-refractivity contribution in [2.45, 2.75) is 26.3 Å². The Kier molecular flexibility index (Phi) is 5.38. The number of nitrogens with zero attached hydrogens (tertiary/aromatic N) is 4. The molecule has 0 unspecified atom stereocenters. The Hall–Kier alpha value is -2.66. The van der Waals surface area contributed by atoms with Crippen LogP contribution in [0.4, 0.5) is 0 Å². The van der Waals surface area contributed by atoms with E-state index in [1.807, 2.05) is 31.5 Å². The van der Waals surface area contributed by atoms with Gasteiger partial charge in [0.15, 0.2) is 0 Å². The topological polar surface area (TPSA) is 52.8 Å². The van der Waals surface area contributed by atoms with Crippen LogP contribution in [0.2, 0.25) is 0 Å². The second kappa shape index (κ2) is 7.70. The second-order valence-corrected chi connectivity index (χ2v) is 6.24. The van der Waals surface area contributed by atoms with Crippen LogP contribution in [0.1, 0.15) is 34.6 Å². The summed E-state index contributed by atoms with van der Waals surface area (Å²) in [6.45, 7) is 2.68. The number of allylic oxidation sites excluding steroid dienone is 1. The maximum absolute atomic E-state index is 5.48. The zero-order chi connectivity index (χ0) is 17.2. The lowest BCUT2D eigenvalue weighted by Gasteiger charge is -2.19. The molecule has 0 aliphatic heterocycles. The number of imidazole rings is 1. The third-order valence-electron chi connectivity index (χ3n) is 4.70. The lowest BCUT2D eigenvalue weighted by molar-refractivity contribution is 0.409. The molecule has 2 heterocycles. The third kappa shape index (κ3) is 3.48. The molecule has 4 rings (SSSR count). The fourth-order valence-corrected chi connectivity index (χ4v) is 3.33. The number of benzene rings is 1. The maximum Gasteiger partial charge on any atom is 0.122 e. The smallest absolute Gasteiger partial charge is 0.122 e. The molecular weight excluding hydrogens is 348 g/mol. The maximum atomic E-state index is 5.48. The Balaban J connectivity index is 0.00000196. The van der Waals surface area contributed by atoms with Crippen molar-refractivity contribution in [2.75, 3.05) is 7.11 Å². The number of halogens is 1. The highest BCUT2D eigenvalue weighted by Gasteiger charge is 2.16. The standard InChI is InChI=1S/C20H20N4O.ClH/c1-14-21-8-9-24(14)13-18-11-17(12-22-23-18)15-6-7-19-16(10-15)4-3-5-20(19)25-2;/h3-5,8-12H,6-7,13H2,1-2H3;1H. The lowest BCUT2D eigenvalue weighted by Crippen LogP contribution is -2.06. The van der Waals surface area contributed by atoms with E-state index in [2.05, 4.69) is 38.0 Å². The molecule has 0 fully saturated rings. The average Bonchev–Trinajstić information content (AvgIpc) is 3.05. The van der Waals surface area contributed by atoms with Gasteiger partial charge in [0.25, 0.3) is 0 Å². The molecule has 0 amide bonds. The first-order chi connectivity index (χ1) is 12.2. The molecule has 0 spiro atoms. The van der Waals surface area contributed by atoms with Gasteiger partial charge in [-0.15, -0.1) is 12.4 Å². The average molecular weight is 369 g/mol. The first-order valence-electron chi connectivity index (χ1n) is 8.41. The summed E-state index contributed by atoms with van der Waals surface area (Å²) in [4.78, 5) is 4.26. The van der Waals surface area contributed by atoms with Crippen LogP contribution in [0.15, 0.2) is 42.9 Å². The number of hydrogen-bond acceptors (Lipinski definition) is 4. The molecule has 0 N–H and O–H groups in total. The third-order valence-corrected chi connectivity index (χ3v) is 4.70. The number of aryl methyl sites for hydroxylation is 1. The van der Waals surface area contributed by atoms with Crippen LogP contribution in [0.3, 0.4) is 0 Å². The van der Waals surface area contributed by atoms with Crippen molar-refractivity contribution in [2.24, 2.45) is 0 Å². The predicted octanol–water partition coefficient (Wildman–Crippen LogP) is 3.95. The van der Waals surface area contributed by atoms with Crippen molar-refractivity contribution < 1.29 is 4.74 Å². The molecule has 0 bridgehead atoms. The fraction of sp³-hybridized carbons (Fsp3) is 0.250. The minimum Gasteiger partial charge on any atom is -0.496 e. The van der Waals surface area contributed by atoms with E-state index in [-0.39, 0.29) is 12.4 Å². The molecule has 0 atom stereocenters. The normalized spacial score (nSPS) is 12.8. The molecule has 0 radical (unpaired) electrons. The zero-order valence-corrected chi connectivity index (χ0v) is 15.7. The summed E-state index contributed by atoms with van der Waals surface area (Å²) >= 11 is 0. The van der Waals surface area contributed by atoms with E-state index in [0.717, 1.165) is 35.7 Å². The van der Waals surface area contributed by atoms with Crippen molar-refractivity contribution in [3.63, 3.8) is 0 Å². The zero-order valence-electron chi connectivity index (χ0n) is 14.8. The van der Waals surface area contributed by atoms with Gasteiger partial charge in [0.05, 0.1) is 25.5 Å². The molecule has 134 valence electrons. The van der Waals surface area contributed by atoms with Crippen LogP contribution in [0.25, 0.3) is 11.6 Å². The molecule has 5 nitrogen and oxygen atoms in total. The monoisotopic (exact) mass is 368 g/mol. The summed E-state index contributed by atoms with van der Waals surface area (Å²) in [7, 11) is 1.73. The van der Waals surface area contributed by atoms with Gasteiger partial charge in [-0.2, -0.15) is 10.2 Å². The van der Waals surface area contributed by atoms with Crippen LogP contribution in [-0.4, -0.2) is 26.9 Å². The molecule has 6 heteroatoms. The van der Waals surface area contributed by atoms with Crippen LogP contribution < -0.4 is 4.74 Å². The van der Waals surface area contributed by atoms with E-state index in [1.165, 1.54) is 16.7 Å². The van der Waals surface area contributed by atoms with E-state index < -0.39 is 0 Å². The van der Waals surface area contributed by atoms with Gasteiger partial charge in [-0.05, 0) is 48.6 Å². The van der Waals surface area contributed by atoms with Gasteiger partial charge >= 0.3 is 0 Å². The van der Waals surface area contributed by atoms with Crippen molar-refractivity contribution in [1.82, 2.24) is 19.7 Å². The molecule has 3 aromatic rings. The highest BCUT2D eigenvalue weighted by atomic mass is 35.5. The molecule has 1 aliphatic rings. The van der Waals surface area contributed by atoms with Crippen LogP contribution in [0, 0.1) is 6.92 Å². The molecule has 26 heavy (non-hydrogen) atoms. The van der Waals surface area contributed by atoms with Crippen molar-refractivity contribution in [3.05, 3.63) is 71.1 Å². The van der Waals surface area contributed by atoms with Gasteiger partial charge in [0.2, 0.25) is 0 Å². The summed E-state index contributed by atoms with van der Waals surface area (Å²) in [6.07, 6.45) is 9.81. The number of rotatable bonds is 4. The lowest BCUT2D eigenvalue weighted by atomic mass is 9.88. The van der Waals surface area contributed by atoms with E-state index in [0.29, 0.717) is 6.54 Å².